The number of esters is 1. The maximum atomic E-state index is 11.8. The average Bonchev–Trinajstić information content (AvgIpc) is 2.41. The molecule has 0 amide bonds. The van der Waals surface area contributed by atoms with Gasteiger partial charge in [-0.3, -0.25) is 4.79 Å². The number of carbonyl (C=O) groups excluding carboxylic acids is 1. The monoisotopic (exact) mass is 315 g/mol. The van der Waals surface area contributed by atoms with Gasteiger partial charge in [-0.05, 0) is 35.2 Å². The third-order valence-electron chi connectivity index (χ3n) is 3.03. The Morgan fingerprint density at radius 2 is 2.39 bits per heavy atom. The highest BCUT2D eigenvalue weighted by atomic mass is 79.9. The first kappa shape index (κ1) is 13.1. The molecule has 0 spiro atoms. The molecule has 0 radical (unpaired) electrons. The van der Waals surface area contributed by atoms with Crippen LogP contribution >= 0.6 is 15.9 Å². The summed E-state index contributed by atoms with van der Waals surface area (Å²) in [6.07, 6.45) is 3.99. The SMILES string of the molecule is COC(=O)C1CCCCN1c1nc[nH]c(=O)c1Br. The van der Waals surface area contributed by atoms with E-state index in [0.717, 1.165) is 12.8 Å². The van der Waals surface area contributed by atoms with Crippen LogP contribution in [-0.4, -0.2) is 35.6 Å². The summed E-state index contributed by atoms with van der Waals surface area (Å²) in [7, 11) is 1.37. The van der Waals surface area contributed by atoms with Crippen molar-refractivity contribution >= 4 is 27.7 Å². The van der Waals surface area contributed by atoms with E-state index in [2.05, 4.69) is 25.9 Å². The third kappa shape index (κ3) is 2.40. The zero-order valence-corrected chi connectivity index (χ0v) is 11.6. The van der Waals surface area contributed by atoms with E-state index in [0.29, 0.717) is 23.3 Å². The van der Waals surface area contributed by atoms with Gasteiger partial charge in [0.1, 0.15) is 10.5 Å². The second-order valence-corrected chi connectivity index (χ2v) is 4.89. The molecule has 1 atom stereocenters. The van der Waals surface area contributed by atoms with Gasteiger partial charge < -0.3 is 14.6 Å². The van der Waals surface area contributed by atoms with Crippen molar-refractivity contribution in [2.24, 2.45) is 0 Å². The van der Waals surface area contributed by atoms with Gasteiger partial charge >= 0.3 is 5.97 Å². The number of nitrogens with zero attached hydrogens (tertiary/aromatic N) is 2. The van der Waals surface area contributed by atoms with Gasteiger partial charge in [0.05, 0.1) is 13.4 Å². The van der Waals surface area contributed by atoms with Gasteiger partial charge in [-0.2, -0.15) is 0 Å². The second-order valence-electron chi connectivity index (χ2n) is 4.10. The maximum absolute atomic E-state index is 11.8. The van der Waals surface area contributed by atoms with Crippen molar-refractivity contribution < 1.29 is 9.53 Å². The van der Waals surface area contributed by atoms with E-state index < -0.39 is 0 Å². The first-order valence-corrected chi connectivity index (χ1v) is 6.52. The number of aromatic amines is 1. The third-order valence-corrected chi connectivity index (χ3v) is 3.74. The van der Waals surface area contributed by atoms with Crippen LogP contribution in [0, 0.1) is 0 Å². The van der Waals surface area contributed by atoms with Crippen molar-refractivity contribution in [2.75, 3.05) is 18.6 Å². The van der Waals surface area contributed by atoms with E-state index in [1.165, 1.54) is 13.4 Å². The zero-order valence-electron chi connectivity index (χ0n) is 9.98. The lowest BCUT2D eigenvalue weighted by Crippen LogP contribution is -2.46. The largest absolute Gasteiger partial charge is 0.467 e. The van der Waals surface area contributed by atoms with E-state index in [1.807, 2.05) is 4.90 Å². The standard InChI is InChI=1S/C11H14BrN3O3/c1-18-11(17)7-4-2-3-5-15(7)9-8(12)10(16)14-6-13-9/h6-7H,2-5H2,1H3,(H,13,14,16). The van der Waals surface area contributed by atoms with Crippen LogP contribution in [0.4, 0.5) is 5.82 Å². The molecule has 98 valence electrons. The number of ether oxygens (including phenoxy) is 1. The van der Waals surface area contributed by atoms with Crippen LogP contribution in [0.25, 0.3) is 0 Å². The topological polar surface area (TPSA) is 75.3 Å². The molecule has 0 saturated carbocycles. The molecule has 18 heavy (non-hydrogen) atoms. The number of hydrogen-bond acceptors (Lipinski definition) is 5. The quantitative estimate of drug-likeness (QED) is 0.826. The molecule has 1 aromatic heterocycles. The fourth-order valence-corrected chi connectivity index (χ4v) is 2.58. The lowest BCUT2D eigenvalue weighted by atomic mass is 10.0. The molecule has 0 aromatic carbocycles. The number of rotatable bonds is 2. The van der Waals surface area contributed by atoms with Gasteiger partial charge in [0, 0.05) is 6.54 Å². The molecule has 2 heterocycles. The van der Waals surface area contributed by atoms with Gasteiger partial charge in [-0.1, -0.05) is 0 Å². The van der Waals surface area contributed by atoms with Gasteiger partial charge in [0.25, 0.3) is 5.56 Å². The number of aromatic nitrogens is 2. The fourth-order valence-electron chi connectivity index (χ4n) is 2.14. The smallest absolute Gasteiger partial charge is 0.328 e. The molecular formula is C11H14BrN3O3. The lowest BCUT2D eigenvalue weighted by molar-refractivity contribution is -0.142. The van der Waals surface area contributed by atoms with Crippen LogP contribution in [-0.2, 0) is 9.53 Å². The van der Waals surface area contributed by atoms with E-state index in [9.17, 15) is 9.59 Å². The molecular weight excluding hydrogens is 302 g/mol. The molecule has 1 fully saturated rings. The number of piperidine rings is 1. The molecule has 1 unspecified atom stereocenters. The summed E-state index contributed by atoms with van der Waals surface area (Å²) in [5.41, 5.74) is -0.255. The zero-order chi connectivity index (χ0) is 13.1. The average molecular weight is 316 g/mol. The maximum Gasteiger partial charge on any atom is 0.328 e. The Hall–Kier alpha value is -1.37. The number of H-pyrrole nitrogens is 1. The molecule has 0 aliphatic carbocycles. The predicted octanol–water partition coefficient (Wildman–Crippen LogP) is 1.06. The minimum absolute atomic E-state index is 0.255. The van der Waals surface area contributed by atoms with Crippen LogP contribution in [0.1, 0.15) is 19.3 Å². The number of carbonyl (C=O) groups is 1. The molecule has 6 nitrogen and oxygen atoms in total. The number of halogens is 1. The van der Waals surface area contributed by atoms with Crippen LogP contribution in [0.3, 0.4) is 0 Å². The summed E-state index contributed by atoms with van der Waals surface area (Å²) >= 11 is 3.21. The first-order valence-electron chi connectivity index (χ1n) is 5.73. The number of hydrogen-bond donors (Lipinski definition) is 1. The van der Waals surface area contributed by atoms with Gasteiger partial charge in [0.2, 0.25) is 0 Å². The van der Waals surface area contributed by atoms with E-state index in [-0.39, 0.29) is 17.6 Å². The van der Waals surface area contributed by atoms with Crippen LogP contribution in [0.5, 0.6) is 0 Å². The Bertz CT molecular complexity index is 503. The lowest BCUT2D eigenvalue weighted by Gasteiger charge is -2.34. The molecule has 2 rings (SSSR count). The van der Waals surface area contributed by atoms with E-state index >= 15 is 0 Å². The van der Waals surface area contributed by atoms with Crippen LogP contribution < -0.4 is 10.5 Å². The molecule has 0 bridgehead atoms. The van der Waals surface area contributed by atoms with Gasteiger partial charge in [-0.15, -0.1) is 0 Å². The Balaban J connectivity index is 2.37. The molecule has 1 N–H and O–H groups in total. The summed E-state index contributed by atoms with van der Waals surface area (Å²) in [5, 5.41) is 0. The highest BCUT2D eigenvalue weighted by molar-refractivity contribution is 9.10. The molecule has 1 aliphatic heterocycles. The number of nitrogens with one attached hydrogen (secondary N) is 1. The minimum atomic E-state index is -0.366. The van der Waals surface area contributed by atoms with Crippen molar-refractivity contribution in [3.05, 3.63) is 21.2 Å². The summed E-state index contributed by atoms with van der Waals surface area (Å²) in [5.74, 6) is 0.206. The first-order chi connectivity index (χ1) is 8.65. The van der Waals surface area contributed by atoms with Crippen molar-refractivity contribution in [1.29, 1.82) is 0 Å². The summed E-state index contributed by atoms with van der Waals surface area (Å²) < 4.78 is 5.15. The normalized spacial score (nSPS) is 19.7. The van der Waals surface area contributed by atoms with Gasteiger partial charge in [-0.25, -0.2) is 9.78 Å². The van der Waals surface area contributed by atoms with Crippen LogP contribution in [0.2, 0.25) is 0 Å². The Labute approximate surface area is 112 Å². The predicted molar refractivity (Wildman–Crippen MR) is 69.6 cm³/mol. The van der Waals surface area contributed by atoms with Gasteiger partial charge in [0.15, 0.2) is 5.82 Å². The number of anilines is 1. The van der Waals surface area contributed by atoms with E-state index in [4.69, 9.17) is 4.74 Å². The Morgan fingerprint density at radius 1 is 1.61 bits per heavy atom. The van der Waals surface area contributed by atoms with E-state index in [1.54, 1.807) is 0 Å². The molecule has 1 saturated heterocycles. The Kier molecular flexibility index (Phi) is 4.00. The fraction of sp³-hybridized carbons (Fsp3) is 0.545. The summed E-state index contributed by atoms with van der Waals surface area (Å²) in [6.45, 7) is 0.689. The van der Waals surface area contributed by atoms with Crippen molar-refractivity contribution in [3.63, 3.8) is 0 Å². The Morgan fingerprint density at radius 3 is 3.11 bits per heavy atom. The minimum Gasteiger partial charge on any atom is -0.467 e. The molecule has 1 aliphatic rings. The van der Waals surface area contributed by atoms with Crippen molar-refractivity contribution in [2.45, 2.75) is 25.3 Å². The van der Waals surface area contributed by atoms with Crippen molar-refractivity contribution in [3.8, 4) is 0 Å². The highest BCUT2D eigenvalue weighted by Gasteiger charge is 2.31. The number of methoxy groups -OCH3 is 1. The van der Waals surface area contributed by atoms with Crippen LogP contribution in [0.15, 0.2) is 15.6 Å². The highest BCUT2D eigenvalue weighted by Crippen LogP contribution is 2.27. The second kappa shape index (κ2) is 5.51. The molecule has 7 heteroatoms. The summed E-state index contributed by atoms with van der Waals surface area (Å²) in [4.78, 5) is 31.8. The summed E-state index contributed by atoms with van der Waals surface area (Å²) in [6, 6.07) is -0.366. The van der Waals surface area contributed by atoms with Crippen molar-refractivity contribution in [1.82, 2.24) is 9.97 Å². The molecule has 1 aromatic rings.